The van der Waals surface area contributed by atoms with Gasteiger partial charge in [0.25, 0.3) is 0 Å². The molecule has 0 heterocycles. The van der Waals surface area contributed by atoms with E-state index in [1.807, 2.05) is 18.2 Å². The van der Waals surface area contributed by atoms with Crippen molar-refractivity contribution >= 4 is 0 Å². The number of nitrogens with two attached hydrogens (primary N) is 1. The normalized spacial score (nSPS) is 15.9. The van der Waals surface area contributed by atoms with Crippen LogP contribution in [0.5, 0.6) is 0 Å². The lowest BCUT2D eigenvalue weighted by molar-refractivity contribution is 0.203. The molecule has 0 saturated heterocycles. The number of rotatable bonds is 2. The smallest absolute Gasteiger partial charge is 0.145 e. The highest BCUT2D eigenvalue weighted by atomic mass is 19.1. The first-order valence-corrected chi connectivity index (χ1v) is 3.61. The minimum Gasteiger partial charge on any atom is -0.327 e. The van der Waals surface area contributed by atoms with Crippen LogP contribution in [0.25, 0.3) is 0 Å². The van der Waals surface area contributed by atoms with Crippen LogP contribution in [0.3, 0.4) is 0 Å². The number of hydrogen-bond donors (Lipinski definition) is 1. The number of alkyl halides is 1. The summed E-state index contributed by atoms with van der Waals surface area (Å²) < 4.78 is 13.4. The monoisotopic (exact) mass is 153 g/mol. The lowest BCUT2D eigenvalue weighted by Gasteiger charge is -2.17. The van der Waals surface area contributed by atoms with Crippen LogP contribution in [0, 0.1) is 0 Å². The average molecular weight is 153 g/mol. The summed E-state index contributed by atoms with van der Waals surface area (Å²) in [7, 11) is 0. The summed E-state index contributed by atoms with van der Waals surface area (Å²) >= 11 is 0. The molecule has 0 unspecified atom stereocenters. The Labute approximate surface area is 66.0 Å². The summed E-state index contributed by atoms with van der Waals surface area (Å²) in [6, 6.07) is 8.96. The second-order valence-corrected chi connectivity index (χ2v) is 2.77. The quantitative estimate of drug-likeness (QED) is 0.689. The van der Waals surface area contributed by atoms with Crippen molar-refractivity contribution in [2.75, 3.05) is 6.54 Å². The van der Waals surface area contributed by atoms with Gasteiger partial charge >= 0.3 is 0 Å². The summed E-state index contributed by atoms with van der Waals surface area (Å²) in [5.41, 5.74) is 4.52. The Kier molecular flexibility index (Phi) is 2.25. The van der Waals surface area contributed by atoms with Crippen molar-refractivity contribution in [1.82, 2.24) is 0 Å². The standard InChI is InChI=1S/C9H12FN/c1-9(10,7-11)8-5-3-2-4-6-8/h2-6H,7,11H2,1H3/t9-/m1/s1. The first-order chi connectivity index (χ1) is 5.17. The van der Waals surface area contributed by atoms with Crippen molar-refractivity contribution in [3.05, 3.63) is 35.9 Å². The molecule has 11 heavy (non-hydrogen) atoms. The molecular weight excluding hydrogens is 141 g/mol. The fraction of sp³-hybridized carbons (Fsp3) is 0.333. The summed E-state index contributed by atoms with van der Waals surface area (Å²) in [5.74, 6) is 0. The molecule has 0 amide bonds. The van der Waals surface area contributed by atoms with Crippen molar-refractivity contribution in [3.8, 4) is 0 Å². The van der Waals surface area contributed by atoms with Gasteiger partial charge < -0.3 is 5.73 Å². The molecule has 0 aromatic heterocycles. The summed E-state index contributed by atoms with van der Waals surface area (Å²) in [4.78, 5) is 0. The van der Waals surface area contributed by atoms with Gasteiger partial charge in [0.05, 0.1) is 0 Å². The fourth-order valence-corrected chi connectivity index (χ4v) is 0.904. The topological polar surface area (TPSA) is 26.0 Å². The average Bonchev–Trinajstić information content (AvgIpc) is 2.06. The molecular formula is C9H12FN. The molecule has 2 heteroatoms. The highest BCUT2D eigenvalue weighted by Gasteiger charge is 2.22. The molecule has 1 aromatic rings. The van der Waals surface area contributed by atoms with Gasteiger partial charge in [-0.1, -0.05) is 30.3 Å². The van der Waals surface area contributed by atoms with Crippen molar-refractivity contribution in [1.29, 1.82) is 0 Å². The van der Waals surface area contributed by atoms with Crippen LogP contribution in [-0.4, -0.2) is 6.54 Å². The molecule has 1 rings (SSSR count). The molecule has 0 radical (unpaired) electrons. The van der Waals surface area contributed by atoms with E-state index in [0.29, 0.717) is 5.56 Å². The highest BCUT2D eigenvalue weighted by Crippen LogP contribution is 2.22. The van der Waals surface area contributed by atoms with Gasteiger partial charge in [0, 0.05) is 6.54 Å². The predicted octanol–water partition coefficient (Wildman–Crippen LogP) is 1.83. The van der Waals surface area contributed by atoms with E-state index in [0.717, 1.165) is 0 Å². The van der Waals surface area contributed by atoms with Crippen LogP contribution in [0.1, 0.15) is 12.5 Å². The van der Waals surface area contributed by atoms with Crippen molar-refractivity contribution < 1.29 is 4.39 Å². The molecule has 0 aliphatic rings. The van der Waals surface area contributed by atoms with E-state index in [1.165, 1.54) is 6.92 Å². The first-order valence-electron chi connectivity index (χ1n) is 3.61. The molecule has 0 fully saturated rings. The Bertz CT molecular complexity index is 218. The zero-order valence-corrected chi connectivity index (χ0v) is 6.55. The first kappa shape index (κ1) is 8.21. The maximum atomic E-state index is 13.4. The third kappa shape index (κ3) is 1.77. The Morgan fingerprint density at radius 2 is 1.91 bits per heavy atom. The molecule has 0 bridgehead atoms. The van der Waals surface area contributed by atoms with Gasteiger partial charge in [-0.05, 0) is 12.5 Å². The Morgan fingerprint density at radius 3 is 2.36 bits per heavy atom. The number of benzene rings is 1. The van der Waals surface area contributed by atoms with E-state index in [1.54, 1.807) is 12.1 Å². The SMILES string of the molecule is C[C@@](F)(CN)c1ccccc1. The van der Waals surface area contributed by atoms with Crippen molar-refractivity contribution in [2.24, 2.45) is 5.73 Å². The van der Waals surface area contributed by atoms with Gasteiger partial charge in [0.15, 0.2) is 0 Å². The fourth-order valence-electron chi connectivity index (χ4n) is 0.904. The Morgan fingerprint density at radius 1 is 1.36 bits per heavy atom. The minimum atomic E-state index is -1.39. The zero-order valence-electron chi connectivity index (χ0n) is 6.55. The van der Waals surface area contributed by atoms with Gasteiger partial charge in [-0.15, -0.1) is 0 Å². The third-order valence-corrected chi connectivity index (χ3v) is 1.76. The molecule has 2 N–H and O–H groups in total. The van der Waals surface area contributed by atoms with Crippen LogP contribution in [0.15, 0.2) is 30.3 Å². The molecule has 60 valence electrons. The van der Waals surface area contributed by atoms with E-state index in [-0.39, 0.29) is 6.54 Å². The summed E-state index contributed by atoms with van der Waals surface area (Å²) in [6.45, 7) is 1.51. The van der Waals surface area contributed by atoms with Crippen LogP contribution in [-0.2, 0) is 5.67 Å². The second-order valence-electron chi connectivity index (χ2n) is 2.77. The molecule has 0 spiro atoms. The third-order valence-electron chi connectivity index (χ3n) is 1.76. The van der Waals surface area contributed by atoms with Crippen LogP contribution < -0.4 is 5.73 Å². The molecule has 1 atom stereocenters. The largest absolute Gasteiger partial charge is 0.327 e. The predicted molar refractivity (Wildman–Crippen MR) is 44.0 cm³/mol. The van der Waals surface area contributed by atoms with E-state index in [4.69, 9.17) is 5.73 Å². The molecule has 1 aromatic carbocycles. The lowest BCUT2D eigenvalue weighted by Crippen LogP contribution is -2.26. The minimum absolute atomic E-state index is 0.0248. The van der Waals surface area contributed by atoms with E-state index < -0.39 is 5.67 Å². The molecule has 0 aliphatic carbocycles. The van der Waals surface area contributed by atoms with Gasteiger partial charge in [0.1, 0.15) is 5.67 Å². The molecule has 0 aliphatic heterocycles. The number of hydrogen-bond acceptors (Lipinski definition) is 1. The van der Waals surface area contributed by atoms with Gasteiger partial charge in [-0.2, -0.15) is 0 Å². The maximum Gasteiger partial charge on any atom is 0.145 e. The Hall–Kier alpha value is -0.890. The van der Waals surface area contributed by atoms with E-state index >= 15 is 0 Å². The van der Waals surface area contributed by atoms with Crippen molar-refractivity contribution in [2.45, 2.75) is 12.6 Å². The van der Waals surface area contributed by atoms with Gasteiger partial charge in [-0.25, -0.2) is 4.39 Å². The van der Waals surface area contributed by atoms with Crippen molar-refractivity contribution in [3.63, 3.8) is 0 Å². The van der Waals surface area contributed by atoms with Gasteiger partial charge in [-0.3, -0.25) is 0 Å². The molecule has 1 nitrogen and oxygen atoms in total. The molecule has 0 saturated carbocycles. The highest BCUT2D eigenvalue weighted by molar-refractivity contribution is 5.21. The maximum absolute atomic E-state index is 13.4. The summed E-state index contributed by atoms with van der Waals surface area (Å²) in [5, 5.41) is 0. The second kappa shape index (κ2) is 3.01. The Balaban J connectivity index is 2.93. The lowest BCUT2D eigenvalue weighted by atomic mass is 9.99. The number of halogens is 1. The zero-order chi connectivity index (χ0) is 8.32. The van der Waals surface area contributed by atoms with Crippen LogP contribution in [0.4, 0.5) is 4.39 Å². The van der Waals surface area contributed by atoms with Gasteiger partial charge in [0.2, 0.25) is 0 Å². The summed E-state index contributed by atoms with van der Waals surface area (Å²) in [6.07, 6.45) is 0. The van der Waals surface area contributed by atoms with Crippen LogP contribution in [0.2, 0.25) is 0 Å². The van der Waals surface area contributed by atoms with E-state index in [9.17, 15) is 4.39 Å². The van der Waals surface area contributed by atoms with E-state index in [2.05, 4.69) is 0 Å². The van der Waals surface area contributed by atoms with Crippen LogP contribution >= 0.6 is 0 Å².